The van der Waals surface area contributed by atoms with Crippen LogP contribution in [-0.2, 0) is 0 Å². The van der Waals surface area contributed by atoms with Gasteiger partial charge >= 0.3 is 0 Å². The van der Waals surface area contributed by atoms with Gasteiger partial charge in [-0.1, -0.05) is 44.7 Å². The van der Waals surface area contributed by atoms with Crippen molar-refractivity contribution in [1.29, 1.82) is 0 Å². The van der Waals surface area contributed by atoms with Gasteiger partial charge < -0.3 is 4.74 Å². The maximum absolute atomic E-state index is 5.89. The quantitative estimate of drug-likeness (QED) is 0.636. The minimum atomic E-state index is 0.231. The highest BCUT2D eigenvalue weighted by Gasteiger charge is 2.31. The van der Waals surface area contributed by atoms with Crippen molar-refractivity contribution < 1.29 is 4.74 Å². The third-order valence-electron chi connectivity index (χ3n) is 4.89. The molecule has 2 rings (SSSR count). The standard InChI is InChI=1S/C17H28N2O/c1-4-13-7-5-6-8-15(13)17(19-18)14-10-9-12(2)16(11-14)20-3/h9-11,13,15,17,19H,4-8,18H2,1-3H3. The average molecular weight is 276 g/mol. The molecule has 0 saturated heterocycles. The minimum absolute atomic E-state index is 0.231. The summed E-state index contributed by atoms with van der Waals surface area (Å²) in [7, 11) is 1.73. The Balaban J connectivity index is 2.26. The van der Waals surface area contributed by atoms with Crippen LogP contribution in [-0.4, -0.2) is 7.11 Å². The van der Waals surface area contributed by atoms with Gasteiger partial charge in [-0.3, -0.25) is 11.3 Å². The summed E-state index contributed by atoms with van der Waals surface area (Å²) in [4.78, 5) is 0. The van der Waals surface area contributed by atoms with Crippen LogP contribution in [0.15, 0.2) is 18.2 Å². The third-order valence-corrected chi connectivity index (χ3v) is 4.89. The molecule has 0 spiro atoms. The summed E-state index contributed by atoms with van der Waals surface area (Å²) < 4.78 is 5.45. The number of nitrogens with one attached hydrogen (secondary N) is 1. The van der Waals surface area contributed by atoms with Crippen molar-refractivity contribution in [3.8, 4) is 5.75 Å². The second-order valence-electron chi connectivity index (χ2n) is 5.99. The highest BCUT2D eigenvalue weighted by molar-refractivity contribution is 5.38. The van der Waals surface area contributed by atoms with E-state index in [1.165, 1.54) is 43.2 Å². The van der Waals surface area contributed by atoms with Crippen LogP contribution in [0.4, 0.5) is 0 Å². The van der Waals surface area contributed by atoms with Gasteiger partial charge in [0.15, 0.2) is 0 Å². The number of benzene rings is 1. The lowest BCUT2D eigenvalue weighted by Gasteiger charge is -2.37. The molecule has 3 atom stereocenters. The molecule has 112 valence electrons. The number of rotatable bonds is 5. The maximum atomic E-state index is 5.89. The highest BCUT2D eigenvalue weighted by atomic mass is 16.5. The van der Waals surface area contributed by atoms with Crippen LogP contribution in [0.3, 0.4) is 0 Å². The molecule has 1 saturated carbocycles. The van der Waals surface area contributed by atoms with Gasteiger partial charge in [0.2, 0.25) is 0 Å². The normalized spacial score (nSPS) is 24.4. The smallest absolute Gasteiger partial charge is 0.122 e. The Labute approximate surface area is 122 Å². The van der Waals surface area contributed by atoms with E-state index in [1.807, 2.05) is 0 Å². The summed E-state index contributed by atoms with van der Waals surface area (Å²) in [6.45, 7) is 4.37. The van der Waals surface area contributed by atoms with Crippen molar-refractivity contribution in [2.75, 3.05) is 7.11 Å². The average Bonchev–Trinajstić information content (AvgIpc) is 2.50. The van der Waals surface area contributed by atoms with Crippen molar-refractivity contribution in [1.82, 2.24) is 5.43 Å². The van der Waals surface area contributed by atoms with E-state index in [9.17, 15) is 0 Å². The molecule has 0 aliphatic heterocycles. The van der Waals surface area contributed by atoms with Crippen LogP contribution in [0.2, 0.25) is 0 Å². The molecule has 0 heterocycles. The van der Waals surface area contributed by atoms with Gasteiger partial charge in [-0.05, 0) is 42.4 Å². The molecule has 3 nitrogen and oxygen atoms in total. The van der Waals surface area contributed by atoms with Crippen molar-refractivity contribution in [2.45, 2.75) is 52.0 Å². The molecule has 0 radical (unpaired) electrons. The van der Waals surface area contributed by atoms with Gasteiger partial charge in [0.05, 0.1) is 7.11 Å². The number of hydrogen-bond donors (Lipinski definition) is 2. The zero-order chi connectivity index (χ0) is 14.5. The number of methoxy groups -OCH3 is 1. The first-order chi connectivity index (χ1) is 9.71. The van der Waals surface area contributed by atoms with Crippen molar-refractivity contribution in [3.63, 3.8) is 0 Å². The molecule has 3 unspecified atom stereocenters. The number of hydrazine groups is 1. The van der Waals surface area contributed by atoms with Crippen LogP contribution in [0.1, 0.15) is 56.2 Å². The fraction of sp³-hybridized carbons (Fsp3) is 0.647. The van der Waals surface area contributed by atoms with Gasteiger partial charge in [0.1, 0.15) is 5.75 Å². The first kappa shape index (κ1) is 15.3. The van der Waals surface area contributed by atoms with Gasteiger partial charge in [0.25, 0.3) is 0 Å². The maximum Gasteiger partial charge on any atom is 0.122 e. The topological polar surface area (TPSA) is 47.3 Å². The largest absolute Gasteiger partial charge is 0.496 e. The second kappa shape index (κ2) is 7.09. The van der Waals surface area contributed by atoms with Crippen LogP contribution in [0.25, 0.3) is 0 Å². The molecule has 1 aromatic carbocycles. The SMILES string of the molecule is CCC1CCCCC1C(NN)c1ccc(C)c(OC)c1. The van der Waals surface area contributed by atoms with E-state index in [2.05, 4.69) is 37.5 Å². The molecule has 0 amide bonds. The first-order valence-corrected chi connectivity index (χ1v) is 7.81. The Bertz CT molecular complexity index is 433. The highest BCUT2D eigenvalue weighted by Crippen LogP contribution is 2.40. The van der Waals surface area contributed by atoms with Crippen molar-refractivity contribution in [2.24, 2.45) is 17.7 Å². The fourth-order valence-corrected chi connectivity index (χ4v) is 3.68. The Kier molecular flexibility index (Phi) is 5.44. The van der Waals surface area contributed by atoms with Crippen molar-refractivity contribution >= 4 is 0 Å². The summed E-state index contributed by atoms with van der Waals surface area (Å²) in [5.74, 6) is 8.25. The summed E-state index contributed by atoms with van der Waals surface area (Å²) in [5.41, 5.74) is 5.49. The molecule has 3 heteroatoms. The Morgan fingerprint density at radius 2 is 2.10 bits per heavy atom. The molecule has 1 aliphatic rings. The van der Waals surface area contributed by atoms with Crippen LogP contribution in [0, 0.1) is 18.8 Å². The van der Waals surface area contributed by atoms with Crippen molar-refractivity contribution in [3.05, 3.63) is 29.3 Å². The minimum Gasteiger partial charge on any atom is -0.496 e. The second-order valence-corrected chi connectivity index (χ2v) is 5.99. The van der Waals surface area contributed by atoms with E-state index >= 15 is 0 Å². The third kappa shape index (κ3) is 3.15. The summed E-state index contributed by atoms with van der Waals surface area (Å²) in [6.07, 6.45) is 6.53. The lowest BCUT2D eigenvalue weighted by Crippen LogP contribution is -2.38. The van der Waals surface area contributed by atoms with Gasteiger partial charge in [0, 0.05) is 6.04 Å². The monoisotopic (exact) mass is 276 g/mol. The zero-order valence-corrected chi connectivity index (χ0v) is 13.0. The molecule has 1 aliphatic carbocycles. The Morgan fingerprint density at radius 3 is 2.75 bits per heavy atom. The molecule has 0 aromatic heterocycles. The summed E-state index contributed by atoms with van der Waals surface area (Å²) in [6, 6.07) is 6.68. The zero-order valence-electron chi connectivity index (χ0n) is 13.0. The molecular weight excluding hydrogens is 248 g/mol. The fourth-order valence-electron chi connectivity index (χ4n) is 3.68. The number of ether oxygens (including phenoxy) is 1. The van der Waals surface area contributed by atoms with E-state index in [1.54, 1.807) is 7.11 Å². The van der Waals surface area contributed by atoms with Crippen LogP contribution in [0.5, 0.6) is 5.75 Å². The summed E-state index contributed by atoms with van der Waals surface area (Å²) >= 11 is 0. The number of nitrogens with two attached hydrogens (primary N) is 1. The van der Waals surface area contributed by atoms with Crippen LogP contribution < -0.4 is 16.0 Å². The molecular formula is C17H28N2O. The van der Waals surface area contributed by atoms with Gasteiger partial charge in [-0.2, -0.15) is 0 Å². The lowest BCUT2D eigenvalue weighted by molar-refractivity contribution is 0.176. The Morgan fingerprint density at radius 1 is 1.35 bits per heavy atom. The first-order valence-electron chi connectivity index (χ1n) is 7.81. The van der Waals surface area contributed by atoms with Gasteiger partial charge in [-0.15, -0.1) is 0 Å². The van der Waals surface area contributed by atoms with E-state index in [4.69, 9.17) is 10.6 Å². The number of hydrogen-bond acceptors (Lipinski definition) is 3. The van der Waals surface area contributed by atoms with E-state index in [-0.39, 0.29) is 6.04 Å². The molecule has 20 heavy (non-hydrogen) atoms. The predicted octanol–water partition coefficient (Wildman–Crippen LogP) is 3.72. The van der Waals surface area contributed by atoms with E-state index in [0.717, 1.165) is 11.7 Å². The molecule has 1 fully saturated rings. The van der Waals surface area contributed by atoms with Gasteiger partial charge in [-0.25, -0.2) is 0 Å². The van der Waals surface area contributed by atoms with Crippen LogP contribution >= 0.6 is 0 Å². The predicted molar refractivity (Wildman–Crippen MR) is 83.5 cm³/mol. The Hall–Kier alpha value is -1.06. The molecule has 0 bridgehead atoms. The molecule has 1 aromatic rings. The van der Waals surface area contributed by atoms with E-state index < -0.39 is 0 Å². The molecule has 3 N–H and O–H groups in total. The summed E-state index contributed by atoms with van der Waals surface area (Å²) in [5, 5.41) is 0. The number of aryl methyl sites for hydroxylation is 1. The van der Waals surface area contributed by atoms with E-state index in [0.29, 0.717) is 5.92 Å². The lowest BCUT2D eigenvalue weighted by atomic mass is 9.72.